The second-order valence-electron chi connectivity index (χ2n) is 4.08. The Morgan fingerprint density at radius 1 is 1.25 bits per heavy atom. The van der Waals surface area contributed by atoms with E-state index in [1.165, 1.54) is 5.56 Å². The van der Waals surface area contributed by atoms with E-state index in [-0.39, 0.29) is 5.54 Å². The van der Waals surface area contributed by atoms with Crippen LogP contribution in [-0.2, 0) is 6.54 Å². The Morgan fingerprint density at radius 2 is 2.06 bits per heavy atom. The zero-order valence-electron chi connectivity index (χ0n) is 9.39. The van der Waals surface area contributed by atoms with Gasteiger partial charge < -0.3 is 5.32 Å². The third-order valence-corrected chi connectivity index (χ3v) is 2.93. The maximum atomic E-state index is 3.92. The average molecular weight is 211 g/mol. The topological polar surface area (TPSA) is 12.0 Å². The molecule has 2 rings (SSSR count). The zero-order valence-corrected chi connectivity index (χ0v) is 9.39. The van der Waals surface area contributed by atoms with Crippen LogP contribution in [-0.4, -0.2) is 5.54 Å². The summed E-state index contributed by atoms with van der Waals surface area (Å²) in [6, 6.07) is 10.4. The van der Waals surface area contributed by atoms with Crippen LogP contribution in [0.3, 0.4) is 0 Å². The number of allylic oxidation sites excluding steroid dienone is 2. The third-order valence-electron chi connectivity index (χ3n) is 2.93. The summed E-state index contributed by atoms with van der Waals surface area (Å²) in [5, 5.41) is 3.54. The summed E-state index contributed by atoms with van der Waals surface area (Å²) >= 11 is 0. The second kappa shape index (κ2) is 4.95. The molecule has 1 aliphatic carbocycles. The summed E-state index contributed by atoms with van der Waals surface area (Å²) in [6.45, 7) is 4.79. The fourth-order valence-electron chi connectivity index (χ4n) is 1.85. The highest BCUT2D eigenvalue weighted by Gasteiger charge is 2.21. The molecular weight excluding hydrogens is 194 g/mol. The molecule has 0 radical (unpaired) electrons. The van der Waals surface area contributed by atoms with E-state index >= 15 is 0 Å². The van der Waals surface area contributed by atoms with Gasteiger partial charge in [-0.2, -0.15) is 0 Å². The Morgan fingerprint density at radius 3 is 2.69 bits per heavy atom. The lowest BCUT2D eigenvalue weighted by Crippen LogP contribution is -2.41. The van der Waals surface area contributed by atoms with Crippen molar-refractivity contribution in [1.29, 1.82) is 0 Å². The van der Waals surface area contributed by atoms with Crippen LogP contribution < -0.4 is 5.32 Å². The van der Waals surface area contributed by atoms with Crippen molar-refractivity contribution >= 4 is 0 Å². The van der Waals surface area contributed by atoms with Gasteiger partial charge in [0.1, 0.15) is 0 Å². The van der Waals surface area contributed by atoms with E-state index in [0.717, 1.165) is 13.0 Å². The third kappa shape index (κ3) is 2.50. The summed E-state index contributed by atoms with van der Waals surface area (Å²) < 4.78 is 0. The van der Waals surface area contributed by atoms with Gasteiger partial charge in [0.2, 0.25) is 0 Å². The molecule has 1 nitrogen and oxygen atoms in total. The SMILES string of the molecule is C=CC1(NCc2ccccc2)C=CC=CC1. The van der Waals surface area contributed by atoms with E-state index in [1.54, 1.807) is 0 Å². The Kier molecular flexibility index (Phi) is 3.37. The minimum Gasteiger partial charge on any atom is -0.300 e. The van der Waals surface area contributed by atoms with Crippen LogP contribution in [0.1, 0.15) is 12.0 Å². The van der Waals surface area contributed by atoms with Gasteiger partial charge in [-0.3, -0.25) is 0 Å². The maximum absolute atomic E-state index is 3.92. The van der Waals surface area contributed by atoms with Gasteiger partial charge in [-0.25, -0.2) is 0 Å². The van der Waals surface area contributed by atoms with Gasteiger partial charge in [0.25, 0.3) is 0 Å². The molecule has 0 fully saturated rings. The van der Waals surface area contributed by atoms with Crippen molar-refractivity contribution in [3.63, 3.8) is 0 Å². The van der Waals surface area contributed by atoms with Crippen LogP contribution in [0.25, 0.3) is 0 Å². The summed E-state index contributed by atoms with van der Waals surface area (Å²) in [5.41, 5.74) is 1.22. The highest BCUT2D eigenvalue weighted by molar-refractivity contribution is 5.27. The summed E-state index contributed by atoms with van der Waals surface area (Å²) in [6.07, 6.45) is 11.4. The molecule has 16 heavy (non-hydrogen) atoms. The molecule has 1 aromatic rings. The number of nitrogens with one attached hydrogen (secondary N) is 1. The molecule has 0 saturated carbocycles. The van der Waals surface area contributed by atoms with Crippen molar-refractivity contribution in [2.45, 2.75) is 18.5 Å². The molecule has 0 heterocycles. The molecule has 0 saturated heterocycles. The quantitative estimate of drug-likeness (QED) is 0.754. The molecule has 1 heteroatoms. The van der Waals surface area contributed by atoms with Crippen molar-refractivity contribution in [2.75, 3.05) is 0 Å². The van der Waals surface area contributed by atoms with Crippen molar-refractivity contribution in [3.05, 3.63) is 72.9 Å². The first kappa shape index (κ1) is 10.9. The largest absolute Gasteiger partial charge is 0.300 e. The highest BCUT2D eigenvalue weighted by Crippen LogP contribution is 2.19. The Balaban J connectivity index is 2.01. The van der Waals surface area contributed by atoms with Crippen LogP contribution >= 0.6 is 0 Å². The molecular formula is C15H17N. The predicted molar refractivity (Wildman–Crippen MR) is 69.1 cm³/mol. The lowest BCUT2D eigenvalue weighted by atomic mass is 9.91. The number of hydrogen-bond acceptors (Lipinski definition) is 1. The smallest absolute Gasteiger partial charge is 0.0588 e. The molecule has 1 N–H and O–H groups in total. The first-order valence-corrected chi connectivity index (χ1v) is 5.62. The van der Waals surface area contributed by atoms with E-state index < -0.39 is 0 Å². The van der Waals surface area contributed by atoms with Gasteiger partial charge in [-0.05, 0) is 12.0 Å². The van der Waals surface area contributed by atoms with Gasteiger partial charge in [0, 0.05) is 6.54 Å². The fraction of sp³-hybridized carbons (Fsp3) is 0.200. The van der Waals surface area contributed by atoms with Gasteiger partial charge in [0.15, 0.2) is 0 Å². The van der Waals surface area contributed by atoms with Crippen LogP contribution in [0.4, 0.5) is 0 Å². The molecule has 0 aliphatic heterocycles. The summed E-state index contributed by atoms with van der Waals surface area (Å²) in [7, 11) is 0. The van der Waals surface area contributed by atoms with Crippen LogP contribution in [0, 0.1) is 0 Å². The minimum atomic E-state index is -0.0788. The number of benzene rings is 1. The first-order valence-electron chi connectivity index (χ1n) is 5.62. The van der Waals surface area contributed by atoms with E-state index in [2.05, 4.69) is 60.5 Å². The number of hydrogen-bond donors (Lipinski definition) is 1. The summed E-state index contributed by atoms with van der Waals surface area (Å²) in [4.78, 5) is 0. The first-order chi connectivity index (χ1) is 7.85. The Bertz CT molecular complexity index is 403. The Hall–Kier alpha value is -1.60. The zero-order chi connectivity index (χ0) is 11.3. The average Bonchev–Trinajstić information content (AvgIpc) is 2.39. The van der Waals surface area contributed by atoms with Gasteiger partial charge in [0.05, 0.1) is 5.54 Å². The van der Waals surface area contributed by atoms with E-state index in [0.29, 0.717) is 0 Å². The van der Waals surface area contributed by atoms with E-state index in [1.807, 2.05) is 12.1 Å². The van der Waals surface area contributed by atoms with Gasteiger partial charge >= 0.3 is 0 Å². The molecule has 0 bridgehead atoms. The predicted octanol–water partition coefficient (Wildman–Crippen LogP) is 3.22. The lowest BCUT2D eigenvalue weighted by molar-refractivity contribution is 0.485. The summed E-state index contributed by atoms with van der Waals surface area (Å²) in [5.74, 6) is 0. The molecule has 82 valence electrons. The maximum Gasteiger partial charge on any atom is 0.0588 e. The van der Waals surface area contributed by atoms with Crippen LogP contribution in [0.5, 0.6) is 0 Å². The normalized spacial score (nSPS) is 23.2. The van der Waals surface area contributed by atoms with Gasteiger partial charge in [-0.1, -0.05) is 60.7 Å². The highest BCUT2D eigenvalue weighted by atomic mass is 15.0. The molecule has 1 aromatic carbocycles. The van der Waals surface area contributed by atoms with Crippen molar-refractivity contribution in [1.82, 2.24) is 5.32 Å². The van der Waals surface area contributed by atoms with Crippen molar-refractivity contribution < 1.29 is 0 Å². The van der Waals surface area contributed by atoms with Crippen molar-refractivity contribution in [3.8, 4) is 0 Å². The lowest BCUT2D eigenvalue weighted by Gasteiger charge is -2.29. The van der Waals surface area contributed by atoms with E-state index in [4.69, 9.17) is 0 Å². The minimum absolute atomic E-state index is 0.0788. The van der Waals surface area contributed by atoms with E-state index in [9.17, 15) is 0 Å². The molecule has 1 aliphatic rings. The molecule has 0 amide bonds. The standard InChI is InChI=1S/C15H17N/c1-2-15(11-7-4-8-12-15)16-13-14-9-5-3-6-10-14/h2-11,16H,1,12-13H2. The van der Waals surface area contributed by atoms with Crippen molar-refractivity contribution in [2.24, 2.45) is 0 Å². The van der Waals surface area contributed by atoms with Crippen LogP contribution in [0.15, 0.2) is 67.3 Å². The number of rotatable bonds is 4. The molecule has 1 unspecified atom stereocenters. The Labute approximate surface area is 97.2 Å². The van der Waals surface area contributed by atoms with Crippen LogP contribution in [0.2, 0.25) is 0 Å². The molecule has 1 atom stereocenters. The second-order valence-corrected chi connectivity index (χ2v) is 4.08. The van der Waals surface area contributed by atoms with Gasteiger partial charge in [-0.15, -0.1) is 6.58 Å². The monoisotopic (exact) mass is 211 g/mol. The fourth-order valence-corrected chi connectivity index (χ4v) is 1.85. The molecule has 0 spiro atoms. The molecule has 0 aromatic heterocycles.